The third-order valence-corrected chi connectivity index (χ3v) is 7.54. The van der Waals surface area contributed by atoms with Crippen LogP contribution in [0.15, 0.2) is 24.3 Å². The van der Waals surface area contributed by atoms with Crippen molar-refractivity contribution in [2.24, 2.45) is 5.92 Å². The average molecular weight is 412 g/mol. The molecule has 27 heavy (non-hydrogen) atoms. The van der Waals surface area contributed by atoms with Crippen LogP contribution in [0.1, 0.15) is 30.9 Å². The zero-order valence-corrected chi connectivity index (χ0v) is 17.4. The first-order valence-corrected chi connectivity index (χ1v) is 11.8. The van der Waals surface area contributed by atoms with Crippen molar-refractivity contribution in [1.82, 2.24) is 15.5 Å². The Balaban J connectivity index is 1.53. The number of likely N-dealkylation sites (tertiary alicyclic amines) is 1. The monoisotopic (exact) mass is 411 g/mol. The lowest BCUT2D eigenvalue weighted by atomic mass is 10.1. The Morgan fingerprint density at radius 1 is 1.26 bits per heavy atom. The van der Waals surface area contributed by atoms with Gasteiger partial charge in [0.1, 0.15) is 5.75 Å². The molecule has 6 nitrogen and oxygen atoms in total. The van der Waals surface area contributed by atoms with Gasteiger partial charge in [-0.05, 0) is 68.2 Å². The minimum Gasteiger partial charge on any atom is -0.497 e. The predicted molar refractivity (Wildman–Crippen MR) is 112 cm³/mol. The zero-order valence-electron chi connectivity index (χ0n) is 15.8. The first-order chi connectivity index (χ1) is 13.0. The molecular weight excluding hydrogens is 382 g/mol. The van der Waals surface area contributed by atoms with Crippen LogP contribution in [-0.4, -0.2) is 63.2 Å². The van der Waals surface area contributed by atoms with Gasteiger partial charge in [0.05, 0.1) is 24.7 Å². The first-order valence-electron chi connectivity index (χ1n) is 9.57. The summed E-state index contributed by atoms with van der Waals surface area (Å²) in [6, 6.07) is 8.47. The molecule has 3 rings (SSSR count). The van der Waals surface area contributed by atoms with E-state index in [2.05, 4.69) is 27.7 Å². The first kappa shape index (κ1) is 20.4. The van der Waals surface area contributed by atoms with E-state index in [1.54, 1.807) is 7.11 Å². The van der Waals surface area contributed by atoms with Gasteiger partial charge in [0.2, 0.25) is 0 Å². The Kier molecular flexibility index (Phi) is 6.94. The molecule has 1 aromatic rings. The Bertz CT molecular complexity index is 731. The van der Waals surface area contributed by atoms with Crippen molar-refractivity contribution in [1.29, 1.82) is 0 Å². The van der Waals surface area contributed by atoms with Crippen molar-refractivity contribution < 1.29 is 13.2 Å². The lowest BCUT2D eigenvalue weighted by Gasteiger charge is -2.29. The molecule has 0 unspecified atom stereocenters. The number of hydrogen-bond donors (Lipinski definition) is 2. The minimum atomic E-state index is -2.84. The number of methoxy groups -OCH3 is 1. The number of ether oxygens (including phenoxy) is 1. The summed E-state index contributed by atoms with van der Waals surface area (Å²) in [5.74, 6) is 1.58. The number of hydrogen-bond acceptors (Lipinski definition) is 5. The van der Waals surface area contributed by atoms with Gasteiger partial charge in [-0.3, -0.25) is 4.90 Å². The molecule has 1 aromatic carbocycles. The molecule has 2 atom stereocenters. The zero-order chi connectivity index (χ0) is 19.3. The third-order valence-electron chi connectivity index (χ3n) is 5.42. The second-order valence-electron chi connectivity index (χ2n) is 7.39. The highest BCUT2D eigenvalue weighted by atomic mass is 32.2. The van der Waals surface area contributed by atoms with E-state index in [1.165, 1.54) is 18.4 Å². The van der Waals surface area contributed by atoms with E-state index in [4.69, 9.17) is 17.0 Å². The summed E-state index contributed by atoms with van der Waals surface area (Å²) in [5.41, 5.74) is 1.25. The molecule has 150 valence electrons. The maximum atomic E-state index is 11.6. The predicted octanol–water partition coefficient (Wildman–Crippen LogP) is 1.73. The van der Waals surface area contributed by atoms with Crippen molar-refractivity contribution in [2.75, 3.05) is 44.8 Å². The van der Waals surface area contributed by atoms with Gasteiger partial charge >= 0.3 is 0 Å². The molecular formula is C19H29N3O3S2. The lowest BCUT2D eigenvalue weighted by Crippen LogP contribution is -2.42. The highest BCUT2D eigenvalue weighted by Gasteiger charge is 2.28. The fourth-order valence-corrected chi connectivity index (χ4v) is 5.89. The second kappa shape index (κ2) is 9.21. The molecule has 2 N–H and O–H groups in total. The fraction of sp³-hybridized carbons (Fsp3) is 0.632. The number of benzene rings is 1. The van der Waals surface area contributed by atoms with E-state index < -0.39 is 9.84 Å². The maximum absolute atomic E-state index is 11.6. The largest absolute Gasteiger partial charge is 0.497 e. The van der Waals surface area contributed by atoms with E-state index in [0.717, 1.165) is 31.8 Å². The SMILES string of the molecule is COc1ccc([C@@H](CNC(=S)NC[C@@H]2CCS(=O)(=O)C2)N2CCCC2)cc1. The molecule has 2 saturated heterocycles. The summed E-state index contributed by atoms with van der Waals surface area (Å²) in [7, 11) is -1.17. The van der Waals surface area contributed by atoms with Crippen LogP contribution in [0.25, 0.3) is 0 Å². The molecule has 0 aliphatic carbocycles. The quantitative estimate of drug-likeness (QED) is 0.662. The average Bonchev–Trinajstić information content (AvgIpc) is 3.30. The molecule has 0 aromatic heterocycles. The van der Waals surface area contributed by atoms with E-state index in [9.17, 15) is 8.42 Å². The van der Waals surface area contributed by atoms with Gasteiger partial charge in [0.25, 0.3) is 0 Å². The standard InChI is InChI=1S/C19H29N3O3S2/c1-25-17-6-4-16(5-7-17)18(22-9-2-3-10-22)13-21-19(26)20-12-15-8-11-27(23,24)14-15/h4-7,15,18H,2-3,8-14H2,1H3,(H2,20,21,26)/t15-,18+/m0/s1. The fourth-order valence-electron chi connectivity index (χ4n) is 3.86. The van der Waals surface area contributed by atoms with Crippen LogP contribution in [-0.2, 0) is 9.84 Å². The summed E-state index contributed by atoms with van der Waals surface area (Å²) in [4.78, 5) is 2.49. The molecule has 8 heteroatoms. The lowest BCUT2D eigenvalue weighted by molar-refractivity contribution is 0.245. The van der Waals surface area contributed by atoms with Crippen LogP contribution in [0, 0.1) is 5.92 Å². The van der Waals surface area contributed by atoms with Gasteiger partial charge < -0.3 is 15.4 Å². The second-order valence-corrected chi connectivity index (χ2v) is 10.0. The maximum Gasteiger partial charge on any atom is 0.166 e. The third kappa shape index (κ3) is 5.80. The van der Waals surface area contributed by atoms with Crippen LogP contribution in [0.4, 0.5) is 0 Å². The van der Waals surface area contributed by atoms with E-state index in [-0.39, 0.29) is 17.7 Å². The summed E-state index contributed by atoms with van der Waals surface area (Å²) in [5, 5.41) is 7.12. The van der Waals surface area contributed by atoms with Crippen molar-refractivity contribution in [2.45, 2.75) is 25.3 Å². The number of nitrogens with zero attached hydrogens (tertiary/aromatic N) is 1. The molecule has 0 saturated carbocycles. The summed E-state index contributed by atoms with van der Waals surface area (Å²) in [6.45, 7) is 3.53. The van der Waals surface area contributed by atoms with Gasteiger partial charge in [-0.25, -0.2) is 8.42 Å². The van der Waals surface area contributed by atoms with Crippen LogP contribution in [0.5, 0.6) is 5.75 Å². The van der Waals surface area contributed by atoms with Gasteiger partial charge in [0.15, 0.2) is 14.9 Å². The van der Waals surface area contributed by atoms with Crippen LogP contribution in [0.2, 0.25) is 0 Å². The number of thiocarbonyl (C=S) groups is 1. The van der Waals surface area contributed by atoms with Gasteiger partial charge in [-0.1, -0.05) is 12.1 Å². The molecule has 2 heterocycles. The summed E-state index contributed by atoms with van der Waals surface area (Å²) in [6.07, 6.45) is 3.18. The molecule has 2 aliphatic heterocycles. The van der Waals surface area contributed by atoms with Gasteiger partial charge in [0, 0.05) is 13.1 Å². The molecule has 2 fully saturated rings. The Hall–Kier alpha value is -1.38. The molecule has 0 radical (unpaired) electrons. The normalized spacial score (nSPS) is 23.1. The Morgan fingerprint density at radius 3 is 2.56 bits per heavy atom. The number of nitrogens with one attached hydrogen (secondary N) is 2. The van der Waals surface area contributed by atoms with Crippen LogP contribution in [0.3, 0.4) is 0 Å². The highest BCUT2D eigenvalue weighted by Crippen LogP contribution is 2.26. The van der Waals surface area contributed by atoms with Crippen LogP contribution < -0.4 is 15.4 Å². The Morgan fingerprint density at radius 2 is 1.96 bits per heavy atom. The molecule has 0 spiro atoms. The molecule has 2 aliphatic rings. The Labute approximate surface area is 167 Å². The van der Waals surface area contributed by atoms with E-state index >= 15 is 0 Å². The van der Waals surface area contributed by atoms with Crippen LogP contribution >= 0.6 is 12.2 Å². The number of rotatable bonds is 7. The molecule has 0 amide bonds. The van der Waals surface area contributed by atoms with Gasteiger partial charge in [-0.15, -0.1) is 0 Å². The minimum absolute atomic E-state index is 0.158. The van der Waals surface area contributed by atoms with Crippen molar-refractivity contribution >= 4 is 27.2 Å². The van der Waals surface area contributed by atoms with E-state index in [1.807, 2.05) is 12.1 Å². The summed E-state index contributed by atoms with van der Waals surface area (Å²) < 4.78 is 28.4. The topological polar surface area (TPSA) is 70.7 Å². The van der Waals surface area contributed by atoms with Gasteiger partial charge in [-0.2, -0.15) is 0 Å². The summed E-state index contributed by atoms with van der Waals surface area (Å²) >= 11 is 5.42. The molecule has 0 bridgehead atoms. The van der Waals surface area contributed by atoms with E-state index in [0.29, 0.717) is 17.4 Å². The van der Waals surface area contributed by atoms with Crippen molar-refractivity contribution in [3.8, 4) is 5.75 Å². The van der Waals surface area contributed by atoms with Crippen molar-refractivity contribution in [3.05, 3.63) is 29.8 Å². The smallest absolute Gasteiger partial charge is 0.166 e. The highest BCUT2D eigenvalue weighted by molar-refractivity contribution is 7.91. The van der Waals surface area contributed by atoms with Crippen molar-refractivity contribution in [3.63, 3.8) is 0 Å². The number of sulfone groups is 1.